The van der Waals surface area contributed by atoms with Crippen LogP contribution in [0.4, 0.5) is 0 Å². The molecule has 4 nitrogen and oxygen atoms in total. The van der Waals surface area contributed by atoms with Crippen LogP contribution in [-0.4, -0.2) is 18.0 Å². The van der Waals surface area contributed by atoms with Crippen molar-refractivity contribution in [2.45, 2.75) is 19.4 Å². The molecule has 0 unspecified atom stereocenters. The monoisotopic (exact) mass is 233 g/mol. The Kier molecular flexibility index (Phi) is 4.46. The predicted molar refractivity (Wildman–Crippen MR) is 64.7 cm³/mol. The number of esters is 1. The number of carbonyl (C=O) groups excluding carboxylic acids is 2. The quantitative estimate of drug-likeness (QED) is 0.623. The summed E-state index contributed by atoms with van der Waals surface area (Å²) in [4.78, 5) is 22.5. The van der Waals surface area contributed by atoms with E-state index in [4.69, 9.17) is 10.5 Å². The van der Waals surface area contributed by atoms with Crippen molar-refractivity contribution in [1.82, 2.24) is 0 Å². The summed E-state index contributed by atoms with van der Waals surface area (Å²) in [5.74, 6) is -0.963. The van der Waals surface area contributed by atoms with E-state index in [1.54, 1.807) is 6.08 Å². The number of rotatable bonds is 5. The first-order valence-electron chi connectivity index (χ1n) is 5.32. The highest BCUT2D eigenvalue weighted by atomic mass is 16.5. The summed E-state index contributed by atoms with van der Waals surface area (Å²) in [6.45, 7) is 5.48. The number of nitrogens with two attached hydrogens (primary N) is 1. The van der Waals surface area contributed by atoms with Gasteiger partial charge in [-0.3, -0.25) is 4.79 Å². The molecular formula is C13H15NO3. The fraction of sp³-hybridized carbons (Fsp3) is 0.231. The highest BCUT2D eigenvalue weighted by molar-refractivity contribution is 5.95. The van der Waals surface area contributed by atoms with E-state index in [0.717, 1.165) is 0 Å². The molecule has 0 radical (unpaired) electrons. The smallest absolute Gasteiger partial charge is 0.338 e. The summed E-state index contributed by atoms with van der Waals surface area (Å²) >= 11 is 0. The molecule has 17 heavy (non-hydrogen) atoms. The third-order valence-corrected chi connectivity index (χ3v) is 2.33. The molecule has 0 aliphatic heterocycles. The lowest BCUT2D eigenvalue weighted by atomic mass is 10.1. The first-order chi connectivity index (χ1) is 8.08. The van der Waals surface area contributed by atoms with Crippen molar-refractivity contribution in [1.29, 1.82) is 0 Å². The van der Waals surface area contributed by atoms with E-state index >= 15 is 0 Å². The van der Waals surface area contributed by atoms with Crippen LogP contribution in [0.15, 0.2) is 36.9 Å². The number of primary amides is 1. The number of benzene rings is 1. The third kappa shape index (κ3) is 3.45. The predicted octanol–water partition coefficient (Wildman–Crippen LogP) is 1.91. The summed E-state index contributed by atoms with van der Waals surface area (Å²) in [7, 11) is 0. The third-order valence-electron chi connectivity index (χ3n) is 2.33. The molecule has 0 aliphatic rings. The van der Waals surface area contributed by atoms with Crippen LogP contribution in [-0.2, 0) is 4.74 Å². The molecule has 2 N–H and O–H groups in total. The molecule has 0 saturated carbocycles. The maximum absolute atomic E-state index is 11.7. The van der Waals surface area contributed by atoms with Gasteiger partial charge in [0.25, 0.3) is 0 Å². The lowest BCUT2D eigenvalue weighted by Gasteiger charge is -2.11. The molecule has 1 atom stereocenters. The molecule has 1 aromatic carbocycles. The van der Waals surface area contributed by atoms with Gasteiger partial charge >= 0.3 is 5.97 Å². The molecular weight excluding hydrogens is 218 g/mol. The summed E-state index contributed by atoms with van der Waals surface area (Å²) in [5, 5.41) is 0. The first-order valence-corrected chi connectivity index (χ1v) is 5.32. The van der Waals surface area contributed by atoms with Crippen LogP contribution >= 0.6 is 0 Å². The molecule has 0 heterocycles. The molecule has 0 spiro atoms. The standard InChI is InChI=1S/C13H15NO3/c1-3-11(4-2)17-13(16)10-7-5-9(6-8-10)12(14)15/h3,5-8,11H,1,4H2,2H3,(H2,14,15)/t11-/m0/s1. The number of carbonyl (C=O) groups is 2. The van der Waals surface area contributed by atoms with Crippen molar-refractivity contribution in [2.24, 2.45) is 5.73 Å². The second-order valence-corrected chi connectivity index (χ2v) is 3.53. The fourth-order valence-electron chi connectivity index (χ4n) is 1.27. The normalized spacial score (nSPS) is 11.6. The summed E-state index contributed by atoms with van der Waals surface area (Å²) < 4.78 is 5.16. The van der Waals surface area contributed by atoms with Gasteiger partial charge in [-0.2, -0.15) is 0 Å². The maximum Gasteiger partial charge on any atom is 0.338 e. The summed E-state index contributed by atoms with van der Waals surface area (Å²) in [5.41, 5.74) is 5.84. The van der Waals surface area contributed by atoms with Gasteiger partial charge < -0.3 is 10.5 Å². The Morgan fingerprint density at radius 1 is 1.35 bits per heavy atom. The zero-order valence-electron chi connectivity index (χ0n) is 9.68. The first kappa shape index (κ1) is 13.0. The molecule has 1 aromatic rings. The number of ether oxygens (including phenoxy) is 1. The Labute approximate surface area is 100 Å². The van der Waals surface area contributed by atoms with Crippen molar-refractivity contribution in [2.75, 3.05) is 0 Å². The lowest BCUT2D eigenvalue weighted by molar-refractivity contribution is 0.0389. The topological polar surface area (TPSA) is 69.4 Å². The number of hydrogen-bond acceptors (Lipinski definition) is 3. The molecule has 90 valence electrons. The van der Waals surface area contributed by atoms with Gasteiger partial charge in [-0.1, -0.05) is 19.6 Å². The fourth-order valence-corrected chi connectivity index (χ4v) is 1.27. The molecule has 0 fully saturated rings. The Morgan fingerprint density at radius 3 is 2.29 bits per heavy atom. The van der Waals surface area contributed by atoms with Gasteiger partial charge in [0.15, 0.2) is 0 Å². The minimum atomic E-state index is -0.526. The number of amides is 1. The highest BCUT2D eigenvalue weighted by Crippen LogP contribution is 2.08. The molecule has 1 amide bonds. The Bertz CT molecular complexity index is 423. The van der Waals surface area contributed by atoms with Crippen LogP contribution < -0.4 is 5.73 Å². The maximum atomic E-state index is 11.7. The van der Waals surface area contributed by atoms with Crippen molar-refractivity contribution in [3.05, 3.63) is 48.0 Å². The summed E-state index contributed by atoms with van der Waals surface area (Å²) in [6.07, 6.45) is 1.96. The van der Waals surface area contributed by atoms with Crippen molar-refractivity contribution in [3.8, 4) is 0 Å². The van der Waals surface area contributed by atoms with Gasteiger partial charge in [0.2, 0.25) is 5.91 Å². The average Bonchev–Trinajstić information content (AvgIpc) is 2.35. The second kappa shape index (κ2) is 5.84. The van der Waals surface area contributed by atoms with Crippen LogP contribution in [0.25, 0.3) is 0 Å². The van der Waals surface area contributed by atoms with E-state index < -0.39 is 11.9 Å². The largest absolute Gasteiger partial charge is 0.455 e. The van der Waals surface area contributed by atoms with Gasteiger partial charge in [0.1, 0.15) is 6.10 Å². The highest BCUT2D eigenvalue weighted by Gasteiger charge is 2.12. The molecule has 0 aliphatic carbocycles. The van der Waals surface area contributed by atoms with E-state index in [2.05, 4.69) is 6.58 Å². The van der Waals surface area contributed by atoms with Gasteiger partial charge in [0.05, 0.1) is 5.56 Å². The number of hydrogen-bond donors (Lipinski definition) is 1. The van der Waals surface area contributed by atoms with Crippen molar-refractivity contribution in [3.63, 3.8) is 0 Å². The molecule has 1 rings (SSSR count). The molecule has 0 aromatic heterocycles. The Morgan fingerprint density at radius 2 is 1.88 bits per heavy atom. The Balaban J connectivity index is 2.76. The van der Waals surface area contributed by atoms with E-state index in [1.165, 1.54) is 24.3 Å². The molecule has 0 saturated heterocycles. The van der Waals surface area contributed by atoms with Crippen LogP contribution in [0.1, 0.15) is 34.1 Å². The van der Waals surface area contributed by atoms with E-state index in [9.17, 15) is 9.59 Å². The lowest BCUT2D eigenvalue weighted by Crippen LogP contribution is -2.15. The average molecular weight is 233 g/mol. The zero-order valence-corrected chi connectivity index (χ0v) is 9.68. The zero-order chi connectivity index (χ0) is 12.8. The molecule has 4 heteroatoms. The van der Waals surface area contributed by atoms with Gasteiger partial charge in [0, 0.05) is 5.56 Å². The summed E-state index contributed by atoms with van der Waals surface area (Å²) in [6, 6.07) is 6.01. The van der Waals surface area contributed by atoms with Crippen LogP contribution in [0, 0.1) is 0 Å². The van der Waals surface area contributed by atoms with E-state index in [0.29, 0.717) is 17.5 Å². The van der Waals surface area contributed by atoms with E-state index in [-0.39, 0.29) is 6.10 Å². The van der Waals surface area contributed by atoms with Crippen LogP contribution in [0.3, 0.4) is 0 Å². The Hall–Kier alpha value is -2.10. The second-order valence-electron chi connectivity index (χ2n) is 3.53. The van der Waals surface area contributed by atoms with Gasteiger partial charge in [-0.15, -0.1) is 0 Å². The van der Waals surface area contributed by atoms with Crippen LogP contribution in [0.5, 0.6) is 0 Å². The minimum Gasteiger partial charge on any atom is -0.455 e. The van der Waals surface area contributed by atoms with E-state index in [1.807, 2.05) is 6.92 Å². The van der Waals surface area contributed by atoms with Gasteiger partial charge in [-0.05, 0) is 30.7 Å². The van der Waals surface area contributed by atoms with Crippen LogP contribution in [0.2, 0.25) is 0 Å². The van der Waals surface area contributed by atoms with Gasteiger partial charge in [-0.25, -0.2) is 4.79 Å². The molecule has 0 bridgehead atoms. The van der Waals surface area contributed by atoms with Crippen molar-refractivity contribution < 1.29 is 14.3 Å². The van der Waals surface area contributed by atoms with Crippen molar-refractivity contribution >= 4 is 11.9 Å². The SMILES string of the molecule is C=C[C@@H](CC)OC(=O)c1ccc(C(N)=O)cc1. The minimum absolute atomic E-state index is 0.293.